The first-order valence-electron chi connectivity index (χ1n) is 4.93. The lowest BCUT2D eigenvalue weighted by molar-refractivity contribution is 0.0944. The van der Waals surface area contributed by atoms with Crippen molar-refractivity contribution in [2.45, 2.75) is 12.5 Å². The highest BCUT2D eigenvalue weighted by Gasteiger charge is 2.18. The Labute approximate surface area is 92.6 Å². The standard InChI is InChI=1S/C10H14N2O2S/c1-14-8-4-9(15-6-8)10(13)12-7-2-3-11-5-7/h4,6-7,11H,2-3,5H2,1H3,(H,12,13)/t7-/m1/s1. The van der Waals surface area contributed by atoms with E-state index in [1.54, 1.807) is 13.2 Å². The van der Waals surface area contributed by atoms with Gasteiger partial charge in [0.05, 0.1) is 12.0 Å². The number of thiophene rings is 1. The van der Waals surface area contributed by atoms with Crippen molar-refractivity contribution in [2.75, 3.05) is 20.2 Å². The SMILES string of the molecule is COc1csc(C(=O)N[C@@H]2CCNC2)c1. The van der Waals surface area contributed by atoms with Crippen LogP contribution in [0.25, 0.3) is 0 Å². The normalized spacial score (nSPS) is 20.2. The number of ether oxygens (including phenoxy) is 1. The molecule has 0 spiro atoms. The molecule has 15 heavy (non-hydrogen) atoms. The maximum atomic E-state index is 11.7. The molecule has 82 valence electrons. The zero-order valence-electron chi connectivity index (χ0n) is 8.58. The summed E-state index contributed by atoms with van der Waals surface area (Å²) in [5, 5.41) is 8.03. The van der Waals surface area contributed by atoms with Crippen molar-refractivity contribution in [3.05, 3.63) is 16.3 Å². The number of hydrogen-bond donors (Lipinski definition) is 2. The van der Waals surface area contributed by atoms with Gasteiger partial charge in [-0.15, -0.1) is 11.3 Å². The van der Waals surface area contributed by atoms with Crippen LogP contribution in [0.5, 0.6) is 5.75 Å². The minimum atomic E-state index is -0.00278. The van der Waals surface area contributed by atoms with Crippen LogP contribution in [0.4, 0.5) is 0 Å². The Balaban J connectivity index is 1.94. The van der Waals surface area contributed by atoms with Gasteiger partial charge in [0, 0.05) is 24.0 Å². The Hall–Kier alpha value is -1.07. The summed E-state index contributed by atoms with van der Waals surface area (Å²) in [4.78, 5) is 12.5. The molecule has 1 aliphatic heterocycles. The third kappa shape index (κ3) is 2.49. The summed E-state index contributed by atoms with van der Waals surface area (Å²) in [6.45, 7) is 1.85. The number of hydrogen-bond acceptors (Lipinski definition) is 4. The Morgan fingerprint density at radius 1 is 1.73 bits per heavy atom. The summed E-state index contributed by atoms with van der Waals surface area (Å²) >= 11 is 1.41. The van der Waals surface area contributed by atoms with E-state index in [1.807, 2.05) is 5.38 Å². The largest absolute Gasteiger partial charge is 0.496 e. The average molecular weight is 226 g/mol. The van der Waals surface area contributed by atoms with E-state index in [9.17, 15) is 4.79 Å². The van der Waals surface area contributed by atoms with Crippen LogP contribution >= 0.6 is 11.3 Å². The zero-order valence-corrected chi connectivity index (χ0v) is 9.39. The molecule has 2 N–H and O–H groups in total. The van der Waals surface area contributed by atoms with Crippen molar-refractivity contribution in [3.8, 4) is 5.75 Å². The molecule has 1 fully saturated rings. The predicted octanol–water partition coefficient (Wildman–Crippen LogP) is 0.848. The van der Waals surface area contributed by atoms with Crippen LogP contribution in [0.15, 0.2) is 11.4 Å². The van der Waals surface area contributed by atoms with Crippen LogP contribution in [0.1, 0.15) is 16.1 Å². The third-order valence-electron chi connectivity index (χ3n) is 2.43. The highest BCUT2D eigenvalue weighted by atomic mass is 32.1. The van der Waals surface area contributed by atoms with Gasteiger partial charge < -0.3 is 15.4 Å². The quantitative estimate of drug-likeness (QED) is 0.803. The molecule has 0 unspecified atom stereocenters. The maximum Gasteiger partial charge on any atom is 0.261 e. The molecule has 2 rings (SSSR count). The second-order valence-electron chi connectivity index (χ2n) is 3.51. The molecular weight excluding hydrogens is 212 g/mol. The molecule has 0 saturated carbocycles. The number of amides is 1. The lowest BCUT2D eigenvalue weighted by Crippen LogP contribution is -2.35. The molecule has 2 heterocycles. The third-order valence-corrected chi connectivity index (χ3v) is 3.34. The molecule has 1 aromatic heterocycles. The first kappa shape index (κ1) is 10.4. The van der Waals surface area contributed by atoms with Gasteiger partial charge in [0.15, 0.2) is 0 Å². The van der Waals surface area contributed by atoms with Gasteiger partial charge in [0.25, 0.3) is 5.91 Å². The topological polar surface area (TPSA) is 50.4 Å². The summed E-state index contributed by atoms with van der Waals surface area (Å²) < 4.78 is 5.03. The molecule has 1 amide bonds. The van der Waals surface area contributed by atoms with Gasteiger partial charge in [-0.25, -0.2) is 0 Å². The van der Waals surface area contributed by atoms with Crippen LogP contribution in [0.3, 0.4) is 0 Å². The van der Waals surface area contributed by atoms with Gasteiger partial charge in [-0.1, -0.05) is 0 Å². The van der Waals surface area contributed by atoms with Crippen molar-refractivity contribution < 1.29 is 9.53 Å². The maximum absolute atomic E-state index is 11.7. The minimum absolute atomic E-state index is 0.00278. The number of methoxy groups -OCH3 is 1. The second-order valence-corrected chi connectivity index (χ2v) is 4.43. The van der Waals surface area contributed by atoms with Crippen LogP contribution < -0.4 is 15.4 Å². The van der Waals surface area contributed by atoms with Gasteiger partial charge in [0.1, 0.15) is 5.75 Å². The summed E-state index contributed by atoms with van der Waals surface area (Å²) in [5.74, 6) is 0.742. The summed E-state index contributed by atoms with van der Waals surface area (Å²) in [6.07, 6.45) is 1.01. The molecule has 0 aliphatic carbocycles. The van der Waals surface area contributed by atoms with E-state index in [0.717, 1.165) is 25.3 Å². The van der Waals surface area contributed by atoms with E-state index in [4.69, 9.17) is 4.74 Å². The Morgan fingerprint density at radius 3 is 3.20 bits per heavy atom. The molecule has 1 aliphatic rings. The van der Waals surface area contributed by atoms with E-state index in [2.05, 4.69) is 10.6 Å². The van der Waals surface area contributed by atoms with Gasteiger partial charge in [-0.2, -0.15) is 0 Å². The smallest absolute Gasteiger partial charge is 0.261 e. The van der Waals surface area contributed by atoms with E-state index in [0.29, 0.717) is 4.88 Å². The fourth-order valence-corrected chi connectivity index (χ4v) is 2.34. The van der Waals surface area contributed by atoms with Crippen LogP contribution in [0, 0.1) is 0 Å². The molecule has 0 bridgehead atoms. The van der Waals surface area contributed by atoms with Crippen LogP contribution in [-0.4, -0.2) is 32.1 Å². The first-order valence-corrected chi connectivity index (χ1v) is 5.81. The van der Waals surface area contributed by atoms with Crippen molar-refractivity contribution in [3.63, 3.8) is 0 Å². The Kier molecular flexibility index (Phi) is 3.23. The van der Waals surface area contributed by atoms with Gasteiger partial charge in [-0.05, 0) is 13.0 Å². The highest BCUT2D eigenvalue weighted by molar-refractivity contribution is 7.12. The van der Waals surface area contributed by atoms with Crippen molar-refractivity contribution >= 4 is 17.2 Å². The molecule has 4 nitrogen and oxygen atoms in total. The molecule has 1 saturated heterocycles. The number of carbonyl (C=O) groups is 1. The first-order chi connectivity index (χ1) is 7.29. The fourth-order valence-electron chi connectivity index (χ4n) is 1.58. The zero-order chi connectivity index (χ0) is 10.7. The van der Waals surface area contributed by atoms with Gasteiger partial charge >= 0.3 is 0 Å². The van der Waals surface area contributed by atoms with Crippen molar-refractivity contribution in [2.24, 2.45) is 0 Å². The lowest BCUT2D eigenvalue weighted by atomic mass is 10.2. The lowest BCUT2D eigenvalue weighted by Gasteiger charge is -2.09. The average Bonchev–Trinajstić information content (AvgIpc) is 2.86. The van der Waals surface area contributed by atoms with E-state index >= 15 is 0 Å². The Morgan fingerprint density at radius 2 is 2.60 bits per heavy atom. The summed E-state index contributed by atoms with van der Waals surface area (Å²) in [7, 11) is 1.60. The molecular formula is C10H14N2O2S. The molecule has 1 aromatic rings. The highest BCUT2D eigenvalue weighted by Crippen LogP contribution is 2.21. The monoisotopic (exact) mass is 226 g/mol. The summed E-state index contributed by atoms with van der Waals surface area (Å²) in [5.41, 5.74) is 0. The van der Waals surface area contributed by atoms with E-state index in [1.165, 1.54) is 11.3 Å². The van der Waals surface area contributed by atoms with Crippen LogP contribution in [0.2, 0.25) is 0 Å². The molecule has 1 atom stereocenters. The molecule has 0 radical (unpaired) electrons. The fraction of sp³-hybridized carbons (Fsp3) is 0.500. The van der Waals surface area contributed by atoms with E-state index in [-0.39, 0.29) is 11.9 Å². The van der Waals surface area contributed by atoms with E-state index < -0.39 is 0 Å². The Bertz CT molecular complexity index is 345. The van der Waals surface area contributed by atoms with Gasteiger partial charge in [0.2, 0.25) is 0 Å². The van der Waals surface area contributed by atoms with Gasteiger partial charge in [-0.3, -0.25) is 4.79 Å². The molecule has 0 aromatic carbocycles. The molecule has 5 heteroatoms. The van der Waals surface area contributed by atoms with Crippen LogP contribution in [-0.2, 0) is 0 Å². The number of nitrogens with one attached hydrogen (secondary N) is 2. The minimum Gasteiger partial charge on any atom is -0.496 e. The predicted molar refractivity (Wildman–Crippen MR) is 59.6 cm³/mol. The second kappa shape index (κ2) is 4.63. The van der Waals surface area contributed by atoms with Crippen molar-refractivity contribution in [1.82, 2.24) is 10.6 Å². The summed E-state index contributed by atoms with van der Waals surface area (Å²) in [6, 6.07) is 2.04. The number of rotatable bonds is 3. The van der Waals surface area contributed by atoms with Crippen molar-refractivity contribution in [1.29, 1.82) is 0 Å². The number of carbonyl (C=O) groups excluding carboxylic acids is 1.